The van der Waals surface area contributed by atoms with E-state index < -0.39 is 5.91 Å². The maximum absolute atomic E-state index is 11.3. The molecule has 0 saturated carbocycles. The largest absolute Gasteiger partial charge is 0.464 e. The Kier molecular flexibility index (Phi) is 3.60. The number of amides is 1. The Morgan fingerprint density at radius 1 is 1.26 bits per heavy atom. The second-order valence-electron chi connectivity index (χ2n) is 4.66. The van der Waals surface area contributed by atoms with Gasteiger partial charge < -0.3 is 15.5 Å². The number of carbonyl (C=O) groups excluding carboxylic acids is 1. The van der Waals surface area contributed by atoms with Crippen LogP contribution in [-0.2, 0) is 0 Å². The monoisotopic (exact) mass is 258 g/mol. The summed E-state index contributed by atoms with van der Waals surface area (Å²) in [6.45, 7) is 5.80. The van der Waals surface area contributed by atoms with Crippen LogP contribution in [-0.4, -0.2) is 5.91 Å². The van der Waals surface area contributed by atoms with Crippen LogP contribution in [0.25, 0.3) is 0 Å². The van der Waals surface area contributed by atoms with Crippen molar-refractivity contribution < 1.29 is 9.21 Å². The number of nitrogens with two attached hydrogens (primary N) is 1. The van der Waals surface area contributed by atoms with E-state index in [9.17, 15) is 4.79 Å². The molecule has 0 aliphatic carbocycles. The van der Waals surface area contributed by atoms with Crippen LogP contribution in [0.2, 0.25) is 0 Å². The maximum Gasteiger partial charge on any atom is 0.249 e. The van der Waals surface area contributed by atoms with Gasteiger partial charge in [0.15, 0.2) is 0 Å². The maximum atomic E-state index is 11.3. The molecule has 4 nitrogen and oxygen atoms in total. The van der Waals surface area contributed by atoms with Crippen LogP contribution in [0.1, 0.15) is 40.4 Å². The summed E-state index contributed by atoms with van der Waals surface area (Å²) in [4.78, 5) is 11.3. The number of rotatable bonds is 4. The summed E-state index contributed by atoms with van der Waals surface area (Å²) in [6.07, 6.45) is 0. The molecule has 0 radical (unpaired) electrons. The van der Waals surface area contributed by atoms with Crippen molar-refractivity contribution in [3.8, 4) is 0 Å². The van der Waals surface area contributed by atoms with Crippen LogP contribution < -0.4 is 11.1 Å². The lowest BCUT2D eigenvalue weighted by atomic mass is 10.1. The zero-order chi connectivity index (χ0) is 14.0. The quantitative estimate of drug-likeness (QED) is 0.885. The van der Waals surface area contributed by atoms with Gasteiger partial charge in [-0.1, -0.05) is 6.07 Å². The lowest BCUT2D eigenvalue weighted by Gasteiger charge is -2.16. The molecule has 100 valence electrons. The summed E-state index contributed by atoms with van der Waals surface area (Å²) in [7, 11) is 0. The third-order valence-electron chi connectivity index (χ3n) is 3.16. The molecule has 0 spiro atoms. The summed E-state index contributed by atoms with van der Waals surface area (Å²) >= 11 is 0. The van der Waals surface area contributed by atoms with Gasteiger partial charge in [-0.15, -0.1) is 0 Å². The van der Waals surface area contributed by atoms with Crippen LogP contribution in [0.15, 0.2) is 34.7 Å². The first-order valence-corrected chi connectivity index (χ1v) is 6.21. The first kappa shape index (κ1) is 13.2. The fraction of sp³-hybridized carbons (Fsp3) is 0.267. The van der Waals surface area contributed by atoms with Gasteiger partial charge in [-0.05, 0) is 50.6 Å². The highest BCUT2D eigenvalue weighted by Crippen LogP contribution is 2.25. The molecule has 0 aliphatic heterocycles. The van der Waals surface area contributed by atoms with E-state index in [-0.39, 0.29) is 6.04 Å². The summed E-state index contributed by atoms with van der Waals surface area (Å²) in [6, 6.07) is 9.37. The van der Waals surface area contributed by atoms with Crippen molar-refractivity contribution in [2.45, 2.75) is 26.8 Å². The van der Waals surface area contributed by atoms with Gasteiger partial charge >= 0.3 is 0 Å². The molecule has 0 aliphatic rings. The van der Waals surface area contributed by atoms with Gasteiger partial charge in [0.05, 0.1) is 6.04 Å². The van der Waals surface area contributed by atoms with Crippen LogP contribution in [0.4, 0.5) is 5.69 Å². The van der Waals surface area contributed by atoms with Gasteiger partial charge in [0.2, 0.25) is 5.91 Å². The second-order valence-corrected chi connectivity index (χ2v) is 4.66. The molecule has 1 aromatic carbocycles. The summed E-state index contributed by atoms with van der Waals surface area (Å²) in [5.74, 6) is 1.33. The fourth-order valence-corrected chi connectivity index (χ4v) is 2.05. The number of primary amides is 1. The summed E-state index contributed by atoms with van der Waals surface area (Å²) in [5, 5.41) is 3.33. The van der Waals surface area contributed by atoms with Gasteiger partial charge in [0, 0.05) is 11.3 Å². The predicted molar refractivity (Wildman–Crippen MR) is 75.2 cm³/mol. The Bertz CT molecular complexity index is 602. The van der Waals surface area contributed by atoms with Crippen molar-refractivity contribution >= 4 is 11.6 Å². The average molecular weight is 258 g/mol. The molecule has 0 saturated heterocycles. The number of hydrogen-bond acceptors (Lipinski definition) is 3. The number of hydrogen-bond donors (Lipinski definition) is 2. The SMILES string of the molecule is Cc1ccc(C(C)Nc2cccc(C(N)=O)c2C)o1. The van der Waals surface area contributed by atoms with E-state index in [2.05, 4.69) is 5.32 Å². The number of carbonyl (C=O) groups is 1. The van der Waals surface area contributed by atoms with Crippen molar-refractivity contribution in [1.82, 2.24) is 0 Å². The molecule has 2 rings (SSSR count). The molecule has 0 fully saturated rings. The smallest absolute Gasteiger partial charge is 0.249 e. The molecule has 1 heterocycles. The molecular weight excluding hydrogens is 240 g/mol. The molecular formula is C15H18N2O2. The van der Waals surface area contributed by atoms with Gasteiger partial charge in [0.25, 0.3) is 0 Å². The third-order valence-corrected chi connectivity index (χ3v) is 3.16. The van der Waals surface area contributed by atoms with Crippen molar-refractivity contribution in [2.75, 3.05) is 5.32 Å². The molecule has 2 aromatic rings. The third kappa shape index (κ3) is 2.78. The Hall–Kier alpha value is -2.23. The van der Waals surface area contributed by atoms with E-state index in [0.29, 0.717) is 5.56 Å². The normalized spacial score (nSPS) is 12.2. The standard InChI is InChI=1S/C15H18N2O2/c1-9-7-8-14(19-9)11(3)17-13-6-4-5-12(10(13)2)15(16)18/h4-8,11,17H,1-3H3,(H2,16,18). The molecule has 1 aromatic heterocycles. The molecule has 4 heteroatoms. The predicted octanol–water partition coefficient (Wildman–Crippen LogP) is 3.17. The number of benzene rings is 1. The van der Waals surface area contributed by atoms with Gasteiger partial charge in [-0.2, -0.15) is 0 Å². The van der Waals surface area contributed by atoms with E-state index in [1.54, 1.807) is 6.07 Å². The van der Waals surface area contributed by atoms with E-state index >= 15 is 0 Å². The molecule has 3 N–H and O–H groups in total. The highest BCUT2D eigenvalue weighted by molar-refractivity contribution is 5.95. The Morgan fingerprint density at radius 3 is 2.58 bits per heavy atom. The van der Waals surface area contributed by atoms with E-state index in [4.69, 9.17) is 10.2 Å². The van der Waals surface area contributed by atoms with Gasteiger partial charge in [0.1, 0.15) is 11.5 Å². The average Bonchev–Trinajstić information content (AvgIpc) is 2.78. The first-order chi connectivity index (χ1) is 8.99. The zero-order valence-electron chi connectivity index (χ0n) is 11.4. The Labute approximate surface area is 112 Å². The summed E-state index contributed by atoms with van der Waals surface area (Å²) < 4.78 is 5.58. The van der Waals surface area contributed by atoms with Gasteiger partial charge in [-0.3, -0.25) is 4.79 Å². The highest BCUT2D eigenvalue weighted by Gasteiger charge is 2.13. The van der Waals surface area contributed by atoms with Crippen LogP contribution in [0.3, 0.4) is 0 Å². The van der Waals surface area contributed by atoms with E-state index in [0.717, 1.165) is 22.8 Å². The topological polar surface area (TPSA) is 68.3 Å². The van der Waals surface area contributed by atoms with Crippen LogP contribution in [0, 0.1) is 13.8 Å². The fourth-order valence-electron chi connectivity index (χ4n) is 2.05. The minimum absolute atomic E-state index is 0.0236. The van der Waals surface area contributed by atoms with Crippen molar-refractivity contribution in [3.63, 3.8) is 0 Å². The van der Waals surface area contributed by atoms with E-state index in [1.165, 1.54) is 0 Å². The molecule has 1 atom stereocenters. The van der Waals surface area contributed by atoms with Crippen LogP contribution in [0.5, 0.6) is 0 Å². The lowest BCUT2D eigenvalue weighted by molar-refractivity contribution is 0.1000. The number of aryl methyl sites for hydroxylation is 1. The molecule has 0 bridgehead atoms. The van der Waals surface area contributed by atoms with Gasteiger partial charge in [-0.25, -0.2) is 0 Å². The lowest BCUT2D eigenvalue weighted by Crippen LogP contribution is -2.14. The van der Waals surface area contributed by atoms with Crippen molar-refractivity contribution in [2.24, 2.45) is 5.73 Å². The minimum Gasteiger partial charge on any atom is -0.464 e. The second kappa shape index (κ2) is 5.18. The van der Waals surface area contributed by atoms with Crippen LogP contribution >= 0.6 is 0 Å². The zero-order valence-corrected chi connectivity index (χ0v) is 11.4. The Morgan fingerprint density at radius 2 is 2.00 bits per heavy atom. The summed E-state index contributed by atoms with van der Waals surface area (Å²) in [5.41, 5.74) is 7.62. The minimum atomic E-state index is -0.414. The number of anilines is 1. The number of furan rings is 1. The van der Waals surface area contributed by atoms with E-state index in [1.807, 2.05) is 45.0 Å². The number of nitrogens with one attached hydrogen (secondary N) is 1. The highest BCUT2D eigenvalue weighted by atomic mass is 16.3. The molecule has 19 heavy (non-hydrogen) atoms. The molecule has 1 unspecified atom stereocenters. The first-order valence-electron chi connectivity index (χ1n) is 6.21. The van der Waals surface area contributed by atoms with Crippen molar-refractivity contribution in [1.29, 1.82) is 0 Å². The Balaban J connectivity index is 2.24. The molecule has 1 amide bonds. The van der Waals surface area contributed by atoms with Crippen molar-refractivity contribution in [3.05, 3.63) is 53.0 Å².